The molecule has 1 heterocycles. The smallest absolute Gasteiger partial charge is 0.312 e. The number of hydrogen-bond acceptors (Lipinski definition) is 5. The molecule has 1 aliphatic rings. The van der Waals surface area contributed by atoms with Crippen molar-refractivity contribution in [1.29, 1.82) is 0 Å². The number of carbonyl (C=O) groups is 3. The van der Waals surface area contributed by atoms with E-state index in [1.165, 1.54) is 0 Å². The van der Waals surface area contributed by atoms with Crippen LogP contribution in [0, 0.1) is 5.41 Å². The molecule has 2 atom stereocenters. The summed E-state index contributed by atoms with van der Waals surface area (Å²) in [6.45, 7) is 5.86. The molecule has 0 radical (unpaired) electrons. The zero-order chi connectivity index (χ0) is 24.0. The lowest BCUT2D eigenvalue weighted by Gasteiger charge is -2.30. The van der Waals surface area contributed by atoms with Crippen LogP contribution in [0.25, 0.3) is 0 Å². The Bertz CT molecular complexity index is 962. The van der Waals surface area contributed by atoms with Gasteiger partial charge in [0.05, 0.1) is 12.5 Å². The molecular formula is C27H33NO5. The van der Waals surface area contributed by atoms with E-state index in [9.17, 15) is 14.4 Å². The third-order valence-corrected chi connectivity index (χ3v) is 5.89. The van der Waals surface area contributed by atoms with E-state index in [1.54, 1.807) is 57.0 Å². The Balaban J connectivity index is 1.75. The molecule has 0 N–H and O–H groups in total. The van der Waals surface area contributed by atoms with Crippen LogP contribution in [0.1, 0.15) is 56.0 Å². The number of likely N-dealkylation sites (tertiary alicyclic amines) is 1. The maximum Gasteiger partial charge on any atom is 0.312 e. The fourth-order valence-electron chi connectivity index (χ4n) is 3.95. The minimum Gasteiger partial charge on any atom is -0.497 e. The van der Waals surface area contributed by atoms with Gasteiger partial charge in [-0.1, -0.05) is 30.3 Å². The van der Waals surface area contributed by atoms with Gasteiger partial charge in [0, 0.05) is 31.0 Å². The molecule has 0 spiro atoms. The van der Waals surface area contributed by atoms with Crippen molar-refractivity contribution in [2.45, 2.75) is 58.6 Å². The number of rotatable bonds is 8. The van der Waals surface area contributed by atoms with Crippen molar-refractivity contribution in [2.24, 2.45) is 5.41 Å². The second-order valence-electron chi connectivity index (χ2n) is 9.52. The van der Waals surface area contributed by atoms with Crippen LogP contribution in [-0.2, 0) is 20.7 Å². The highest BCUT2D eigenvalue weighted by atomic mass is 16.5. The van der Waals surface area contributed by atoms with Gasteiger partial charge in [-0.25, -0.2) is 0 Å². The summed E-state index contributed by atoms with van der Waals surface area (Å²) < 4.78 is 10.9. The second kappa shape index (κ2) is 10.6. The zero-order valence-corrected chi connectivity index (χ0v) is 19.9. The molecule has 1 saturated heterocycles. The quantitative estimate of drug-likeness (QED) is 0.438. The van der Waals surface area contributed by atoms with Crippen LogP contribution in [-0.4, -0.2) is 48.4 Å². The van der Waals surface area contributed by atoms with Crippen molar-refractivity contribution in [3.8, 4) is 5.75 Å². The highest BCUT2D eigenvalue weighted by molar-refractivity contribution is 5.97. The summed E-state index contributed by atoms with van der Waals surface area (Å²) >= 11 is 0. The Labute approximate surface area is 195 Å². The van der Waals surface area contributed by atoms with Gasteiger partial charge in [0.25, 0.3) is 5.91 Å². The first-order chi connectivity index (χ1) is 15.7. The van der Waals surface area contributed by atoms with Crippen molar-refractivity contribution in [3.63, 3.8) is 0 Å². The summed E-state index contributed by atoms with van der Waals surface area (Å²) in [7, 11) is 1.58. The number of esters is 1. The van der Waals surface area contributed by atoms with E-state index >= 15 is 0 Å². The van der Waals surface area contributed by atoms with E-state index in [-0.39, 0.29) is 24.2 Å². The monoisotopic (exact) mass is 451 g/mol. The van der Waals surface area contributed by atoms with Crippen LogP contribution in [0.3, 0.4) is 0 Å². The molecule has 3 rings (SSSR count). The van der Waals surface area contributed by atoms with Gasteiger partial charge in [0.1, 0.15) is 5.75 Å². The normalized spacial score (nSPS) is 16.8. The van der Waals surface area contributed by atoms with Crippen molar-refractivity contribution in [1.82, 2.24) is 4.90 Å². The number of benzene rings is 2. The number of ketones is 1. The number of carbonyl (C=O) groups excluding carboxylic acids is 3. The molecule has 176 valence electrons. The Morgan fingerprint density at radius 1 is 1.03 bits per heavy atom. The highest BCUT2D eigenvalue weighted by Gasteiger charge is 2.37. The van der Waals surface area contributed by atoms with Crippen LogP contribution in [0.2, 0.25) is 0 Å². The maximum absolute atomic E-state index is 13.5. The van der Waals surface area contributed by atoms with E-state index in [2.05, 4.69) is 0 Å². The third-order valence-electron chi connectivity index (χ3n) is 5.89. The fourth-order valence-corrected chi connectivity index (χ4v) is 3.95. The van der Waals surface area contributed by atoms with E-state index in [1.807, 2.05) is 30.3 Å². The predicted molar refractivity (Wildman–Crippen MR) is 126 cm³/mol. The zero-order valence-electron chi connectivity index (χ0n) is 19.9. The van der Waals surface area contributed by atoms with Gasteiger partial charge in [-0.3, -0.25) is 14.4 Å². The first-order valence-corrected chi connectivity index (χ1v) is 11.4. The Hall–Kier alpha value is -3.15. The Kier molecular flexibility index (Phi) is 7.90. The fraction of sp³-hybridized carbons (Fsp3) is 0.444. The lowest BCUT2D eigenvalue weighted by atomic mass is 9.97. The standard InChI is InChI=1S/C27H33NO5/c1-27(2,3)26(31)33-24(17-19-9-6-5-7-10-19)25(30)28-16-8-11-21(28)18-23(29)20-12-14-22(32-4)15-13-20/h5-7,9-10,12-15,21,24H,8,11,16-18H2,1-4H3/t21-,24+/m0/s1. The molecule has 2 aromatic rings. The van der Waals surface area contributed by atoms with Gasteiger partial charge < -0.3 is 14.4 Å². The van der Waals surface area contributed by atoms with Crippen LogP contribution in [0.5, 0.6) is 5.75 Å². The average molecular weight is 452 g/mol. The largest absolute Gasteiger partial charge is 0.497 e. The molecule has 0 aliphatic carbocycles. The summed E-state index contributed by atoms with van der Waals surface area (Å²) in [5.41, 5.74) is 0.793. The number of methoxy groups -OCH3 is 1. The van der Waals surface area contributed by atoms with Gasteiger partial charge in [-0.2, -0.15) is 0 Å². The number of nitrogens with zero attached hydrogens (tertiary/aromatic N) is 1. The first-order valence-electron chi connectivity index (χ1n) is 11.4. The summed E-state index contributed by atoms with van der Waals surface area (Å²) in [5.74, 6) is 0.0191. The lowest BCUT2D eigenvalue weighted by molar-refractivity contribution is -0.167. The van der Waals surface area contributed by atoms with Crippen LogP contribution in [0.4, 0.5) is 0 Å². The molecule has 0 aromatic heterocycles. The van der Waals surface area contributed by atoms with E-state index in [0.29, 0.717) is 24.3 Å². The first kappa shape index (κ1) is 24.5. The van der Waals surface area contributed by atoms with Crippen molar-refractivity contribution in [3.05, 3.63) is 65.7 Å². The van der Waals surface area contributed by atoms with Gasteiger partial charge in [0.2, 0.25) is 0 Å². The molecule has 0 saturated carbocycles. The number of ether oxygens (including phenoxy) is 2. The maximum atomic E-state index is 13.5. The number of hydrogen-bond donors (Lipinski definition) is 0. The Morgan fingerprint density at radius 3 is 2.30 bits per heavy atom. The molecule has 33 heavy (non-hydrogen) atoms. The SMILES string of the molecule is COc1ccc(C(=O)C[C@@H]2CCCN2C(=O)[C@@H](Cc2ccccc2)OC(=O)C(C)(C)C)cc1. The second-order valence-corrected chi connectivity index (χ2v) is 9.52. The molecule has 0 bridgehead atoms. The highest BCUT2D eigenvalue weighted by Crippen LogP contribution is 2.26. The molecule has 6 nitrogen and oxygen atoms in total. The van der Waals surface area contributed by atoms with Crippen molar-refractivity contribution < 1.29 is 23.9 Å². The average Bonchev–Trinajstić information content (AvgIpc) is 3.26. The molecule has 1 aliphatic heterocycles. The van der Waals surface area contributed by atoms with E-state index in [4.69, 9.17) is 9.47 Å². The van der Waals surface area contributed by atoms with Gasteiger partial charge in [-0.05, 0) is 63.4 Å². The van der Waals surface area contributed by atoms with E-state index in [0.717, 1.165) is 18.4 Å². The summed E-state index contributed by atoms with van der Waals surface area (Å²) in [6.07, 6.45) is 1.19. The summed E-state index contributed by atoms with van der Waals surface area (Å²) in [4.78, 5) is 40.8. The molecule has 2 aromatic carbocycles. The third kappa shape index (κ3) is 6.44. The minimum atomic E-state index is -0.921. The molecule has 0 unspecified atom stereocenters. The number of Topliss-reactive ketones (excluding diaryl/α,β-unsaturated/α-hetero) is 1. The van der Waals surface area contributed by atoms with E-state index < -0.39 is 17.5 Å². The molecule has 1 amide bonds. The van der Waals surface area contributed by atoms with Gasteiger partial charge in [0.15, 0.2) is 11.9 Å². The summed E-state index contributed by atoms with van der Waals surface area (Å²) in [5, 5.41) is 0. The summed E-state index contributed by atoms with van der Waals surface area (Å²) in [6, 6.07) is 16.3. The predicted octanol–water partition coefficient (Wildman–Crippen LogP) is 4.46. The minimum absolute atomic E-state index is 0.0198. The van der Waals surface area contributed by atoms with Gasteiger partial charge in [-0.15, -0.1) is 0 Å². The molecule has 6 heteroatoms. The molecule has 1 fully saturated rings. The topological polar surface area (TPSA) is 72.9 Å². The van der Waals surface area contributed by atoms with Crippen molar-refractivity contribution >= 4 is 17.7 Å². The van der Waals surface area contributed by atoms with Crippen molar-refractivity contribution in [2.75, 3.05) is 13.7 Å². The molecular weight excluding hydrogens is 418 g/mol. The lowest BCUT2D eigenvalue weighted by Crippen LogP contribution is -2.46. The Morgan fingerprint density at radius 2 is 1.70 bits per heavy atom. The number of amides is 1. The van der Waals surface area contributed by atoms with Gasteiger partial charge >= 0.3 is 5.97 Å². The van der Waals surface area contributed by atoms with Crippen LogP contribution in [0.15, 0.2) is 54.6 Å². The van der Waals surface area contributed by atoms with Crippen LogP contribution >= 0.6 is 0 Å². The van der Waals surface area contributed by atoms with Crippen LogP contribution < -0.4 is 4.74 Å².